The van der Waals surface area contributed by atoms with E-state index in [1.165, 1.54) is 7.11 Å². The minimum Gasteiger partial charge on any atom is -0.468 e. The second-order valence-corrected chi connectivity index (χ2v) is 8.83. The highest BCUT2D eigenvalue weighted by Gasteiger charge is 2.44. The Hall–Kier alpha value is -3.09. The van der Waals surface area contributed by atoms with Crippen molar-refractivity contribution in [2.45, 2.75) is 12.5 Å². The molecule has 7 nitrogen and oxygen atoms in total. The summed E-state index contributed by atoms with van der Waals surface area (Å²) in [5.74, 6) is -3.58. The van der Waals surface area contributed by atoms with Gasteiger partial charge in [0.1, 0.15) is 5.92 Å². The predicted molar refractivity (Wildman–Crippen MR) is 124 cm³/mol. The minimum absolute atomic E-state index is 0.00171. The van der Waals surface area contributed by atoms with Crippen LogP contribution in [-0.2, 0) is 25.7 Å². The van der Waals surface area contributed by atoms with E-state index in [0.29, 0.717) is 12.1 Å². The van der Waals surface area contributed by atoms with Gasteiger partial charge in [-0.05, 0) is 23.3 Å². The van der Waals surface area contributed by atoms with E-state index < -0.39 is 23.7 Å². The van der Waals surface area contributed by atoms with Crippen LogP contribution in [0.25, 0.3) is 0 Å². The van der Waals surface area contributed by atoms with Crippen molar-refractivity contribution in [3.63, 3.8) is 0 Å². The van der Waals surface area contributed by atoms with Crippen molar-refractivity contribution in [1.82, 2.24) is 10.6 Å². The van der Waals surface area contributed by atoms with E-state index in [9.17, 15) is 19.6 Å². The number of methoxy groups -OCH3 is 1. The first kappa shape index (κ1) is 23.6. The van der Waals surface area contributed by atoms with Crippen LogP contribution in [0.5, 0.6) is 0 Å². The lowest BCUT2D eigenvalue weighted by Crippen LogP contribution is -2.44. The second-order valence-electron chi connectivity index (χ2n) is 6.93. The molecule has 9 heteroatoms. The van der Waals surface area contributed by atoms with Crippen LogP contribution in [0.4, 0.5) is 0 Å². The highest BCUT2D eigenvalue weighted by atomic mass is 79.9. The Morgan fingerprint density at radius 1 is 1.22 bits per heavy atom. The number of nitriles is 1. The Morgan fingerprint density at radius 3 is 2.62 bits per heavy atom. The molecule has 164 valence electrons. The number of carbonyl (C=O) groups is 3. The van der Waals surface area contributed by atoms with Crippen molar-refractivity contribution >= 4 is 45.5 Å². The number of amides is 2. The third kappa shape index (κ3) is 5.58. The quantitative estimate of drug-likeness (QED) is 0.434. The summed E-state index contributed by atoms with van der Waals surface area (Å²) in [5.41, 5.74) is 1.79. The zero-order valence-electron chi connectivity index (χ0n) is 17.1. The molecule has 2 atom stereocenters. The molecule has 0 radical (unpaired) electrons. The maximum atomic E-state index is 12.8. The summed E-state index contributed by atoms with van der Waals surface area (Å²) >= 11 is 4.44. The average molecular weight is 514 g/mol. The van der Waals surface area contributed by atoms with Gasteiger partial charge in [-0.25, -0.2) is 0 Å². The van der Waals surface area contributed by atoms with Crippen molar-refractivity contribution in [3.8, 4) is 6.07 Å². The lowest BCUT2D eigenvalue weighted by Gasteiger charge is -2.31. The Bertz CT molecular complexity index is 1100. The topological polar surface area (TPSA) is 108 Å². The van der Waals surface area contributed by atoms with Crippen LogP contribution in [0.15, 0.2) is 69.7 Å². The van der Waals surface area contributed by atoms with E-state index in [2.05, 4.69) is 32.6 Å². The summed E-state index contributed by atoms with van der Waals surface area (Å²) in [4.78, 5) is 37.5. The standard InChI is InChI=1S/C23H20BrN3O4S/c1-31-23(30)20-19(15-8-5-9-16(24)10-15)17(11-25)22(27-21(20)29)32-13-18(28)26-12-14-6-3-2-4-7-14/h2-10,19-20H,12-13H2,1H3,(H,26,28)(H,27,29)/t19-,20+/m1/s1. The number of nitrogens with one attached hydrogen (secondary N) is 2. The van der Waals surface area contributed by atoms with Crippen molar-refractivity contribution in [3.05, 3.63) is 80.8 Å². The van der Waals surface area contributed by atoms with Gasteiger partial charge >= 0.3 is 5.97 Å². The molecule has 2 N–H and O–H groups in total. The molecule has 1 aliphatic heterocycles. The lowest BCUT2D eigenvalue weighted by molar-refractivity contribution is -0.150. The summed E-state index contributed by atoms with van der Waals surface area (Å²) in [6.07, 6.45) is 0. The number of carbonyl (C=O) groups excluding carboxylic acids is 3. The van der Waals surface area contributed by atoms with Crippen molar-refractivity contribution in [2.24, 2.45) is 5.92 Å². The monoisotopic (exact) mass is 513 g/mol. The first-order valence-electron chi connectivity index (χ1n) is 9.66. The molecule has 0 saturated heterocycles. The van der Waals surface area contributed by atoms with Crippen LogP contribution in [0.1, 0.15) is 17.0 Å². The number of benzene rings is 2. The number of esters is 1. The van der Waals surface area contributed by atoms with Gasteiger partial charge in [-0.3, -0.25) is 14.4 Å². The van der Waals surface area contributed by atoms with Crippen LogP contribution in [0.3, 0.4) is 0 Å². The maximum absolute atomic E-state index is 12.8. The van der Waals surface area contributed by atoms with Gasteiger partial charge < -0.3 is 15.4 Å². The number of hydrogen-bond donors (Lipinski definition) is 2. The molecule has 0 unspecified atom stereocenters. The molecule has 2 amide bonds. The molecule has 0 bridgehead atoms. The smallest absolute Gasteiger partial charge is 0.319 e. The summed E-state index contributed by atoms with van der Waals surface area (Å²) in [6.45, 7) is 0.377. The number of rotatable bonds is 7. The third-order valence-corrected chi connectivity index (χ3v) is 6.38. The van der Waals surface area contributed by atoms with Gasteiger partial charge in [0, 0.05) is 16.9 Å². The molecule has 3 rings (SSSR count). The van der Waals surface area contributed by atoms with E-state index in [-0.39, 0.29) is 22.3 Å². The Morgan fingerprint density at radius 2 is 1.97 bits per heavy atom. The first-order chi connectivity index (χ1) is 15.4. The Kier molecular flexibility index (Phi) is 8.09. The van der Waals surface area contributed by atoms with Crippen molar-refractivity contribution in [2.75, 3.05) is 12.9 Å². The van der Waals surface area contributed by atoms with Gasteiger partial charge in [0.05, 0.1) is 29.5 Å². The molecule has 0 aliphatic carbocycles. The van der Waals surface area contributed by atoms with E-state index in [1.807, 2.05) is 36.4 Å². The molecule has 0 saturated carbocycles. The average Bonchev–Trinajstić information content (AvgIpc) is 2.81. The van der Waals surface area contributed by atoms with E-state index in [4.69, 9.17) is 4.74 Å². The zero-order chi connectivity index (χ0) is 23.1. The fourth-order valence-corrected chi connectivity index (χ4v) is 4.66. The molecule has 1 heterocycles. The number of thioether (sulfide) groups is 1. The van der Waals surface area contributed by atoms with Crippen LogP contribution >= 0.6 is 27.7 Å². The van der Waals surface area contributed by atoms with Gasteiger partial charge in [0.25, 0.3) is 0 Å². The molecular formula is C23H20BrN3O4S. The number of hydrogen-bond acceptors (Lipinski definition) is 6. The Balaban J connectivity index is 1.83. The number of nitrogens with zero attached hydrogens (tertiary/aromatic N) is 1. The number of ether oxygens (including phenoxy) is 1. The van der Waals surface area contributed by atoms with Crippen LogP contribution in [-0.4, -0.2) is 30.6 Å². The third-order valence-electron chi connectivity index (χ3n) is 4.87. The highest BCUT2D eigenvalue weighted by Crippen LogP contribution is 2.40. The molecule has 32 heavy (non-hydrogen) atoms. The normalized spacial score (nSPS) is 17.8. The Labute approximate surface area is 198 Å². The highest BCUT2D eigenvalue weighted by molar-refractivity contribution is 9.10. The fourth-order valence-electron chi connectivity index (χ4n) is 3.36. The number of halogens is 1. The second kappa shape index (κ2) is 11.0. The predicted octanol–water partition coefficient (Wildman–Crippen LogP) is 3.24. The van der Waals surface area contributed by atoms with Crippen molar-refractivity contribution < 1.29 is 19.1 Å². The summed E-state index contributed by atoms with van der Waals surface area (Å²) in [6, 6.07) is 18.7. The van der Waals surface area contributed by atoms with Crippen LogP contribution in [0.2, 0.25) is 0 Å². The largest absolute Gasteiger partial charge is 0.468 e. The molecule has 1 aliphatic rings. The lowest BCUT2D eigenvalue weighted by atomic mass is 9.78. The summed E-state index contributed by atoms with van der Waals surface area (Å²) in [7, 11) is 1.20. The van der Waals surface area contributed by atoms with Gasteiger partial charge in [0.2, 0.25) is 11.8 Å². The summed E-state index contributed by atoms with van der Waals surface area (Å²) < 4.78 is 5.57. The van der Waals surface area contributed by atoms with Crippen LogP contribution in [0, 0.1) is 17.2 Å². The molecule has 0 fully saturated rings. The van der Waals surface area contributed by atoms with E-state index >= 15 is 0 Å². The molecule has 2 aromatic carbocycles. The summed E-state index contributed by atoms with van der Waals surface area (Å²) in [5, 5.41) is 15.6. The van der Waals surface area contributed by atoms with Crippen molar-refractivity contribution in [1.29, 1.82) is 5.26 Å². The molecule has 0 aromatic heterocycles. The molecule has 2 aromatic rings. The van der Waals surface area contributed by atoms with E-state index in [0.717, 1.165) is 21.8 Å². The van der Waals surface area contributed by atoms with E-state index in [1.54, 1.807) is 18.2 Å². The van der Waals surface area contributed by atoms with Gasteiger partial charge in [-0.2, -0.15) is 5.26 Å². The van der Waals surface area contributed by atoms with Gasteiger partial charge in [-0.15, -0.1) is 0 Å². The fraction of sp³-hybridized carbons (Fsp3) is 0.217. The maximum Gasteiger partial charge on any atom is 0.319 e. The van der Waals surface area contributed by atoms with Gasteiger partial charge in [-0.1, -0.05) is 70.2 Å². The van der Waals surface area contributed by atoms with Gasteiger partial charge in [0.15, 0.2) is 0 Å². The number of allylic oxidation sites excluding steroid dienone is 1. The molecule has 0 spiro atoms. The first-order valence-corrected chi connectivity index (χ1v) is 11.4. The zero-order valence-corrected chi connectivity index (χ0v) is 19.5. The SMILES string of the molecule is COC(=O)[C@@H]1C(=O)NC(SCC(=O)NCc2ccccc2)=C(C#N)[C@H]1c1cccc(Br)c1. The minimum atomic E-state index is -1.21. The molecular weight excluding hydrogens is 494 g/mol. The van der Waals surface area contributed by atoms with Crippen LogP contribution < -0.4 is 10.6 Å².